The average Bonchev–Trinajstić information content (AvgIpc) is 2.33. The molecule has 0 aromatic carbocycles. The fourth-order valence-electron chi connectivity index (χ4n) is 0.625. The summed E-state index contributed by atoms with van der Waals surface area (Å²) in [5.74, 6) is 0. The second-order valence-corrected chi connectivity index (χ2v) is 1.78. The molecule has 0 aliphatic carbocycles. The van der Waals surface area contributed by atoms with Crippen molar-refractivity contribution in [3.05, 3.63) is 36.2 Å². The molecule has 2 nitrogen and oxygen atoms in total. The van der Waals surface area contributed by atoms with Gasteiger partial charge in [0.15, 0.2) is 0 Å². The zero-order valence-electron chi connectivity index (χ0n) is 9.40. The molecule has 0 aliphatic heterocycles. The highest BCUT2D eigenvalue weighted by Gasteiger charge is 1.80. The zero-order valence-corrected chi connectivity index (χ0v) is 9.40. The van der Waals surface area contributed by atoms with Gasteiger partial charge < -0.3 is 0 Å². The second-order valence-electron chi connectivity index (χ2n) is 1.78. The lowest BCUT2D eigenvalue weighted by Gasteiger charge is -1.86. The Kier molecular flexibility index (Phi) is 15.2. The van der Waals surface area contributed by atoms with Crippen LogP contribution in [0.1, 0.15) is 33.3 Å². The number of rotatable bonds is 2. The van der Waals surface area contributed by atoms with Crippen LogP contribution in [0.25, 0.3) is 6.08 Å². The topological polar surface area (TPSA) is 30.0 Å². The molecule has 78 valence electrons. The van der Waals surface area contributed by atoms with E-state index < -0.39 is 0 Å². The van der Waals surface area contributed by atoms with E-state index in [-0.39, 0.29) is 0 Å². The molecule has 1 heterocycles. The van der Waals surface area contributed by atoms with Crippen LogP contribution in [-0.4, -0.2) is 11.3 Å². The molecular formula is C12H19NO. The summed E-state index contributed by atoms with van der Waals surface area (Å²) in [4.78, 5) is 13.7. The van der Waals surface area contributed by atoms with Gasteiger partial charge in [0.1, 0.15) is 6.29 Å². The average molecular weight is 193 g/mol. The van der Waals surface area contributed by atoms with E-state index in [1.54, 1.807) is 18.5 Å². The molecule has 1 aromatic heterocycles. The maximum atomic E-state index is 9.87. The molecule has 0 amide bonds. The van der Waals surface area contributed by atoms with Crippen LogP contribution in [0, 0.1) is 0 Å². The number of hydrogen-bond acceptors (Lipinski definition) is 2. The van der Waals surface area contributed by atoms with Crippen molar-refractivity contribution in [2.75, 3.05) is 0 Å². The quantitative estimate of drug-likeness (QED) is 0.532. The Morgan fingerprint density at radius 3 is 2.29 bits per heavy atom. The molecule has 0 bridgehead atoms. The molecule has 0 radical (unpaired) electrons. The van der Waals surface area contributed by atoms with Gasteiger partial charge in [0.05, 0.1) is 0 Å². The van der Waals surface area contributed by atoms with Crippen LogP contribution < -0.4 is 0 Å². The lowest BCUT2D eigenvalue weighted by molar-refractivity contribution is -0.104. The molecule has 0 aliphatic rings. The molecule has 0 fully saturated rings. The van der Waals surface area contributed by atoms with Crippen LogP contribution >= 0.6 is 0 Å². The van der Waals surface area contributed by atoms with Crippen LogP contribution in [0.5, 0.6) is 0 Å². The number of aldehydes is 1. The molecule has 14 heavy (non-hydrogen) atoms. The van der Waals surface area contributed by atoms with E-state index in [1.165, 1.54) is 6.08 Å². The lowest BCUT2D eigenvalue weighted by atomic mass is 10.3. The van der Waals surface area contributed by atoms with Crippen LogP contribution in [0.4, 0.5) is 0 Å². The molecule has 0 N–H and O–H groups in total. The molecular weight excluding hydrogens is 174 g/mol. The van der Waals surface area contributed by atoms with E-state index in [0.29, 0.717) is 0 Å². The summed E-state index contributed by atoms with van der Waals surface area (Å²) in [5.41, 5.74) is 0.939. The summed E-state index contributed by atoms with van der Waals surface area (Å²) in [6, 6.07) is 3.71. The molecule has 2 heteroatoms. The van der Waals surface area contributed by atoms with Crippen molar-refractivity contribution in [3.63, 3.8) is 0 Å². The SMILES string of the molecule is CC.CC.O=CC=Cc1cccnc1. The van der Waals surface area contributed by atoms with Crippen molar-refractivity contribution in [3.8, 4) is 0 Å². The summed E-state index contributed by atoms with van der Waals surface area (Å²) in [6.07, 6.45) is 7.28. The van der Waals surface area contributed by atoms with E-state index in [4.69, 9.17) is 0 Å². The van der Waals surface area contributed by atoms with E-state index >= 15 is 0 Å². The van der Waals surface area contributed by atoms with Gasteiger partial charge in [-0.1, -0.05) is 39.8 Å². The Bertz CT molecular complexity index is 229. The Labute approximate surface area is 86.7 Å². The first-order valence-electron chi connectivity index (χ1n) is 4.95. The molecule has 0 unspecified atom stereocenters. The maximum absolute atomic E-state index is 9.87. The maximum Gasteiger partial charge on any atom is 0.142 e. The second kappa shape index (κ2) is 14.1. The summed E-state index contributed by atoms with van der Waals surface area (Å²) in [7, 11) is 0. The smallest absolute Gasteiger partial charge is 0.142 e. The first-order valence-corrected chi connectivity index (χ1v) is 4.95. The van der Waals surface area contributed by atoms with Gasteiger partial charge >= 0.3 is 0 Å². The predicted octanol–water partition coefficient (Wildman–Crippen LogP) is 3.35. The van der Waals surface area contributed by atoms with E-state index in [0.717, 1.165) is 11.8 Å². The highest BCUT2D eigenvalue weighted by molar-refractivity contribution is 5.73. The van der Waals surface area contributed by atoms with Gasteiger partial charge in [-0.2, -0.15) is 0 Å². The van der Waals surface area contributed by atoms with Crippen molar-refractivity contribution in [1.29, 1.82) is 0 Å². The third kappa shape index (κ3) is 8.65. The summed E-state index contributed by atoms with van der Waals surface area (Å²) >= 11 is 0. The minimum Gasteiger partial charge on any atom is -0.299 e. The van der Waals surface area contributed by atoms with Crippen LogP contribution in [0.3, 0.4) is 0 Å². The van der Waals surface area contributed by atoms with Crippen LogP contribution in [-0.2, 0) is 4.79 Å². The number of aromatic nitrogens is 1. The Balaban J connectivity index is 0. The minimum absolute atomic E-state index is 0.743. The first kappa shape index (κ1) is 15.1. The number of carbonyl (C=O) groups is 1. The number of allylic oxidation sites excluding steroid dienone is 1. The molecule has 0 saturated carbocycles. The van der Waals surface area contributed by atoms with E-state index in [9.17, 15) is 4.79 Å². The fourth-order valence-corrected chi connectivity index (χ4v) is 0.625. The normalized spacial score (nSPS) is 8.00. The van der Waals surface area contributed by atoms with Crippen molar-refractivity contribution >= 4 is 12.4 Å². The van der Waals surface area contributed by atoms with E-state index in [1.807, 2.05) is 39.8 Å². The van der Waals surface area contributed by atoms with Crippen molar-refractivity contribution < 1.29 is 4.79 Å². The molecule has 1 rings (SSSR count). The van der Waals surface area contributed by atoms with Gasteiger partial charge in [0.2, 0.25) is 0 Å². The molecule has 0 spiro atoms. The number of hydrogen-bond donors (Lipinski definition) is 0. The summed E-state index contributed by atoms with van der Waals surface area (Å²) in [5, 5.41) is 0. The first-order chi connectivity index (χ1) is 6.93. The minimum atomic E-state index is 0.743. The zero-order chi connectivity index (χ0) is 11.2. The van der Waals surface area contributed by atoms with Crippen molar-refractivity contribution in [2.45, 2.75) is 27.7 Å². The fraction of sp³-hybridized carbons (Fsp3) is 0.333. The number of nitrogens with zero attached hydrogens (tertiary/aromatic N) is 1. The predicted molar refractivity (Wildman–Crippen MR) is 62.0 cm³/mol. The van der Waals surface area contributed by atoms with Crippen molar-refractivity contribution in [2.24, 2.45) is 0 Å². The van der Waals surface area contributed by atoms with Gasteiger partial charge in [-0.25, -0.2) is 0 Å². The Hall–Kier alpha value is -1.44. The largest absolute Gasteiger partial charge is 0.299 e. The molecule has 0 saturated heterocycles. The Morgan fingerprint density at radius 1 is 1.21 bits per heavy atom. The highest BCUT2D eigenvalue weighted by Crippen LogP contribution is 1.96. The Morgan fingerprint density at radius 2 is 1.86 bits per heavy atom. The molecule has 0 atom stereocenters. The highest BCUT2D eigenvalue weighted by atomic mass is 16.1. The standard InChI is InChI=1S/C8H7NO.2C2H6/c10-6-2-4-8-3-1-5-9-7-8;2*1-2/h1-7H;2*1-2H3. The van der Waals surface area contributed by atoms with Gasteiger partial charge in [-0.3, -0.25) is 9.78 Å². The van der Waals surface area contributed by atoms with E-state index in [2.05, 4.69) is 4.98 Å². The van der Waals surface area contributed by atoms with Gasteiger partial charge in [0.25, 0.3) is 0 Å². The molecule has 1 aromatic rings. The third-order valence-electron chi connectivity index (χ3n) is 1.05. The monoisotopic (exact) mass is 193 g/mol. The lowest BCUT2D eigenvalue weighted by Crippen LogP contribution is -1.72. The van der Waals surface area contributed by atoms with Crippen LogP contribution in [0.2, 0.25) is 0 Å². The summed E-state index contributed by atoms with van der Waals surface area (Å²) in [6.45, 7) is 8.00. The van der Waals surface area contributed by atoms with Gasteiger partial charge in [-0.05, 0) is 17.7 Å². The number of carbonyl (C=O) groups excluding carboxylic acids is 1. The van der Waals surface area contributed by atoms with Gasteiger partial charge in [-0.15, -0.1) is 0 Å². The van der Waals surface area contributed by atoms with Crippen LogP contribution in [0.15, 0.2) is 30.6 Å². The van der Waals surface area contributed by atoms with Crippen molar-refractivity contribution in [1.82, 2.24) is 4.98 Å². The van der Waals surface area contributed by atoms with Gasteiger partial charge in [0, 0.05) is 12.4 Å². The third-order valence-corrected chi connectivity index (χ3v) is 1.05. The summed E-state index contributed by atoms with van der Waals surface area (Å²) < 4.78 is 0. The number of pyridine rings is 1.